The number of hydrogen-bond acceptors (Lipinski definition) is 4. The third-order valence-electron chi connectivity index (χ3n) is 3.17. The van der Waals surface area contributed by atoms with Crippen molar-refractivity contribution in [3.63, 3.8) is 0 Å². The first-order valence-corrected chi connectivity index (χ1v) is 7.67. The van der Waals surface area contributed by atoms with Crippen molar-refractivity contribution < 1.29 is 31.9 Å². The van der Waals surface area contributed by atoms with Crippen molar-refractivity contribution in [2.45, 2.75) is 13.1 Å². The molecule has 0 saturated carbocycles. The van der Waals surface area contributed by atoms with Crippen LogP contribution in [-0.2, 0) is 9.53 Å². The highest BCUT2D eigenvalue weighted by Gasteiger charge is 2.38. The van der Waals surface area contributed by atoms with Gasteiger partial charge in [0.1, 0.15) is 5.82 Å². The van der Waals surface area contributed by atoms with Crippen LogP contribution in [0.1, 0.15) is 6.92 Å². The summed E-state index contributed by atoms with van der Waals surface area (Å²) in [5, 5.41) is 6.94. The van der Waals surface area contributed by atoms with Gasteiger partial charge in [-0.15, -0.1) is 0 Å². The summed E-state index contributed by atoms with van der Waals surface area (Å²) in [7, 11) is 0. The summed E-state index contributed by atoms with van der Waals surface area (Å²) in [6, 6.07) is 8.97. The fraction of sp³-hybridized carbons (Fsp3) is 0.176. The number of ether oxygens (including phenoxy) is 1. The van der Waals surface area contributed by atoms with E-state index in [2.05, 4.69) is 10.6 Å². The summed E-state index contributed by atoms with van der Waals surface area (Å²) in [5.74, 6) is -2.60. The molecule has 6 nitrogen and oxygen atoms in total. The molecule has 0 spiro atoms. The van der Waals surface area contributed by atoms with Crippen molar-refractivity contribution in [3.8, 4) is 0 Å². The van der Waals surface area contributed by atoms with Crippen LogP contribution in [0.4, 0.5) is 45.1 Å². The number of halogens is 4. The molecule has 3 N–H and O–H groups in total. The summed E-state index contributed by atoms with van der Waals surface area (Å²) in [6.45, 7) is 1.66. The molecule has 27 heavy (non-hydrogen) atoms. The van der Waals surface area contributed by atoms with Crippen LogP contribution in [0.5, 0.6) is 0 Å². The second-order valence-corrected chi connectivity index (χ2v) is 5.19. The van der Waals surface area contributed by atoms with Crippen LogP contribution in [-0.4, -0.2) is 24.8 Å². The van der Waals surface area contributed by atoms with Gasteiger partial charge in [0.2, 0.25) is 0 Å². The van der Waals surface area contributed by atoms with Gasteiger partial charge in [-0.05, 0) is 49.4 Å². The van der Waals surface area contributed by atoms with E-state index in [9.17, 15) is 27.2 Å². The Kier molecular flexibility index (Phi) is 6.22. The number of anilines is 4. The van der Waals surface area contributed by atoms with Crippen LogP contribution in [0.3, 0.4) is 0 Å². The Morgan fingerprint density at radius 1 is 0.963 bits per heavy atom. The van der Waals surface area contributed by atoms with Crippen LogP contribution in [0.25, 0.3) is 0 Å². The molecule has 0 fully saturated rings. The minimum Gasteiger partial charge on any atom is -0.450 e. The van der Waals surface area contributed by atoms with E-state index in [-0.39, 0.29) is 18.0 Å². The molecule has 144 valence electrons. The van der Waals surface area contributed by atoms with E-state index < -0.39 is 24.0 Å². The number of amides is 2. The zero-order chi connectivity index (χ0) is 20.0. The summed E-state index contributed by atoms with van der Waals surface area (Å²) in [5.41, 5.74) is 0.626. The lowest BCUT2D eigenvalue weighted by molar-refractivity contribution is -0.167. The lowest BCUT2D eigenvalue weighted by Crippen LogP contribution is -2.30. The van der Waals surface area contributed by atoms with E-state index in [0.717, 1.165) is 6.07 Å². The number of carbonyl (C=O) groups excluding carboxylic acids is 2. The van der Waals surface area contributed by atoms with Gasteiger partial charge in [-0.3, -0.25) is 10.1 Å². The number of carbonyl (C=O) groups is 2. The number of nitrogens with one attached hydrogen (secondary N) is 3. The van der Waals surface area contributed by atoms with Gasteiger partial charge in [0, 0.05) is 11.4 Å². The van der Waals surface area contributed by atoms with Crippen LogP contribution in [0, 0.1) is 5.82 Å². The number of benzene rings is 2. The molecule has 2 aromatic rings. The van der Waals surface area contributed by atoms with Crippen molar-refractivity contribution in [3.05, 3.63) is 48.3 Å². The smallest absolute Gasteiger partial charge is 0.450 e. The van der Waals surface area contributed by atoms with E-state index in [4.69, 9.17) is 4.74 Å². The van der Waals surface area contributed by atoms with Crippen LogP contribution in [0.2, 0.25) is 0 Å². The van der Waals surface area contributed by atoms with Crippen molar-refractivity contribution in [1.29, 1.82) is 0 Å². The van der Waals surface area contributed by atoms with Crippen LogP contribution >= 0.6 is 0 Å². The van der Waals surface area contributed by atoms with Gasteiger partial charge in [-0.2, -0.15) is 13.2 Å². The molecule has 0 heterocycles. The van der Waals surface area contributed by atoms with Gasteiger partial charge in [-0.25, -0.2) is 9.18 Å². The molecule has 0 aromatic heterocycles. The highest BCUT2D eigenvalue weighted by atomic mass is 19.4. The first-order valence-electron chi connectivity index (χ1n) is 7.67. The lowest BCUT2D eigenvalue weighted by atomic mass is 10.2. The Morgan fingerprint density at radius 2 is 1.59 bits per heavy atom. The average Bonchev–Trinajstić information content (AvgIpc) is 2.58. The minimum absolute atomic E-state index is 0.0535. The molecular formula is C17H15F4N3O3. The topological polar surface area (TPSA) is 79.5 Å². The molecule has 2 amide bonds. The molecular weight excluding hydrogens is 370 g/mol. The molecule has 0 aliphatic carbocycles. The highest BCUT2D eigenvalue weighted by Crippen LogP contribution is 2.30. The third kappa shape index (κ3) is 5.87. The highest BCUT2D eigenvalue weighted by molar-refractivity contribution is 5.97. The second-order valence-electron chi connectivity index (χ2n) is 5.19. The quantitative estimate of drug-likeness (QED) is 0.656. The first kappa shape index (κ1) is 20.0. The molecule has 2 aromatic carbocycles. The summed E-state index contributed by atoms with van der Waals surface area (Å²) in [4.78, 5) is 22.8. The fourth-order valence-corrected chi connectivity index (χ4v) is 2.00. The Balaban J connectivity index is 2.29. The van der Waals surface area contributed by atoms with Crippen LogP contribution in [0.15, 0.2) is 42.5 Å². The predicted molar refractivity (Wildman–Crippen MR) is 91.5 cm³/mol. The van der Waals surface area contributed by atoms with Gasteiger partial charge >= 0.3 is 18.2 Å². The van der Waals surface area contributed by atoms with E-state index in [1.807, 2.05) is 0 Å². The molecule has 0 atom stereocenters. The van der Waals surface area contributed by atoms with Crippen molar-refractivity contribution in [2.75, 3.05) is 22.6 Å². The van der Waals surface area contributed by atoms with Gasteiger partial charge in [0.25, 0.3) is 0 Å². The van der Waals surface area contributed by atoms with E-state index in [1.165, 1.54) is 36.4 Å². The van der Waals surface area contributed by atoms with Crippen molar-refractivity contribution in [2.24, 2.45) is 0 Å². The molecule has 0 aliphatic heterocycles. The largest absolute Gasteiger partial charge is 0.471 e. The first-order chi connectivity index (χ1) is 12.7. The van der Waals surface area contributed by atoms with E-state index >= 15 is 0 Å². The lowest BCUT2D eigenvalue weighted by Gasteiger charge is -2.15. The standard InChI is InChI=1S/C17H15F4N3O3/c1-2-27-16(26)24-14-9-12(23-15(25)17(19,20)21)7-8-13(14)22-11-5-3-10(18)4-6-11/h3-9,22H,2H2,1H3,(H,23,25)(H,24,26). The molecule has 0 aliphatic rings. The van der Waals surface area contributed by atoms with Crippen molar-refractivity contribution in [1.82, 2.24) is 0 Å². The monoisotopic (exact) mass is 385 g/mol. The summed E-state index contributed by atoms with van der Waals surface area (Å²) >= 11 is 0. The number of alkyl halides is 3. The number of hydrogen-bond donors (Lipinski definition) is 3. The molecule has 2 rings (SSSR count). The van der Waals surface area contributed by atoms with Gasteiger partial charge < -0.3 is 15.4 Å². The average molecular weight is 385 g/mol. The van der Waals surface area contributed by atoms with E-state index in [1.54, 1.807) is 12.2 Å². The SMILES string of the molecule is CCOC(=O)Nc1cc(NC(=O)C(F)(F)F)ccc1Nc1ccc(F)cc1. The van der Waals surface area contributed by atoms with Gasteiger partial charge in [-0.1, -0.05) is 0 Å². The zero-order valence-corrected chi connectivity index (χ0v) is 14.0. The normalized spacial score (nSPS) is 10.9. The van der Waals surface area contributed by atoms with Crippen LogP contribution < -0.4 is 16.0 Å². The maximum absolute atomic E-state index is 13.0. The Hall–Kier alpha value is -3.30. The third-order valence-corrected chi connectivity index (χ3v) is 3.17. The minimum atomic E-state index is -5.06. The molecule has 10 heteroatoms. The maximum Gasteiger partial charge on any atom is 0.471 e. The molecule has 0 unspecified atom stereocenters. The fourth-order valence-electron chi connectivity index (χ4n) is 2.00. The van der Waals surface area contributed by atoms with Gasteiger partial charge in [0.05, 0.1) is 18.0 Å². The zero-order valence-electron chi connectivity index (χ0n) is 14.0. The van der Waals surface area contributed by atoms with Gasteiger partial charge in [0.15, 0.2) is 0 Å². The molecule has 0 saturated heterocycles. The Bertz CT molecular complexity index is 823. The van der Waals surface area contributed by atoms with Crippen molar-refractivity contribution >= 4 is 34.7 Å². The Labute approximate surface area is 151 Å². The molecule has 0 bridgehead atoms. The number of rotatable bonds is 5. The maximum atomic E-state index is 13.0. The second kappa shape index (κ2) is 8.39. The summed E-state index contributed by atoms with van der Waals surface area (Å²) in [6.07, 6.45) is -5.89. The predicted octanol–water partition coefficient (Wildman–Crippen LogP) is 4.64. The molecule has 0 radical (unpaired) electrons. The Morgan fingerprint density at radius 3 is 2.19 bits per heavy atom. The van der Waals surface area contributed by atoms with E-state index in [0.29, 0.717) is 11.4 Å². The summed E-state index contributed by atoms with van der Waals surface area (Å²) < 4.78 is 54.9.